The molecule has 11 heteroatoms. The third kappa shape index (κ3) is 3.59. The molecule has 0 saturated heterocycles. The summed E-state index contributed by atoms with van der Waals surface area (Å²) in [7, 11) is -4.49. The van der Waals surface area contributed by atoms with E-state index in [9.17, 15) is 27.7 Å². The van der Waals surface area contributed by atoms with Crippen molar-refractivity contribution in [1.29, 1.82) is 0 Å². The lowest BCUT2D eigenvalue weighted by Crippen LogP contribution is -2.15. The fourth-order valence-electron chi connectivity index (χ4n) is 1.14. The first-order chi connectivity index (χ1) is 8.62. The van der Waals surface area contributed by atoms with Crippen molar-refractivity contribution in [2.75, 3.05) is 6.61 Å². The topological polar surface area (TPSA) is 150 Å². The van der Waals surface area contributed by atoms with Crippen LogP contribution in [0.25, 0.3) is 0 Å². The fourth-order valence-corrected chi connectivity index (χ4v) is 1.75. The number of benzene rings is 1. The summed E-state index contributed by atoms with van der Waals surface area (Å²) in [5, 5.41) is 23.7. The molecule has 0 aliphatic carbocycles. The molecule has 0 spiro atoms. The monoisotopic (exact) mass is 294 g/mol. The van der Waals surface area contributed by atoms with Crippen LogP contribution in [0.5, 0.6) is 5.75 Å². The molecule has 0 aromatic heterocycles. The molecule has 0 bridgehead atoms. The molecule has 19 heavy (non-hydrogen) atoms. The highest BCUT2D eigenvalue weighted by Crippen LogP contribution is 2.31. The van der Waals surface area contributed by atoms with Crippen LogP contribution in [0.2, 0.25) is 0 Å². The number of nitro benzene ring substituents is 1. The highest BCUT2D eigenvalue weighted by atomic mass is 32.2. The Balaban J connectivity index is 3.38. The molecular formula is C8H7FN2O7S. The van der Waals surface area contributed by atoms with Gasteiger partial charge in [-0.1, -0.05) is 0 Å². The molecule has 9 nitrogen and oxygen atoms in total. The van der Waals surface area contributed by atoms with E-state index in [0.717, 1.165) is 0 Å². The summed E-state index contributed by atoms with van der Waals surface area (Å²) >= 11 is 0. The predicted octanol–water partition coefficient (Wildman–Crippen LogP) is -0.155. The smallest absolute Gasteiger partial charge is 0.341 e. The van der Waals surface area contributed by atoms with E-state index in [1.807, 2.05) is 0 Å². The first-order valence-electron chi connectivity index (χ1n) is 4.48. The highest BCUT2D eigenvalue weighted by molar-refractivity contribution is 7.89. The van der Waals surface area contributed by atoms with Crippen molar-refractivity contribution in [3.8, 4) is 5.75 Å². The van der Waals surface area contributed by atoms with Gasteiger partial charge < -0.3 is 9.84 Å². The van der Waals surface area contributed by atoms with Crippen LogP contribution in [0.15, 0.2) is 17.0 Å². The highest BCUT2D eigenvalue weighted by Gasteiger charge is 2.25. The Kier molecular flexibility index (Phi) is 4.01. The first kappa shape index (κ1) is 14.8. The maximum atomic E-state index is 13.4. The summed E-state index contributed by atoms with van der Waals surface area (Å²) in [5.74, 6) is -3.53. The van der Waals surface area contributed by atoms with Crippen molar-refractivity contribution in [3.63, 3.8) is 0 Å². The van der Waals surface area contributed by atoms with E-state index in [1.54, 1.807) is 0 Å². The van der Waals surface area contributed by atoms with Crippen molar-refractivity contribution in [2.45, 2.75) is 4.90 Å². The minimum Gasteiger partial charge on any atom is -0.479 e. The Morgan fingerprint density at radius 3 is 2.53 bits per heavy atom. The number of carboxylic acid groups (broad SMARTS) is 1. The van der Waals surface area contributed by atoms with Crippen molar-refractivity contribution < 1.29 is 32.4 Å². The number of nitrogens with two attached hydrogens (primary N) is 1. The van der Waals surface area contributed by atoms with Gasteiger partial charge in [0, 0.05) is 12.1 Å². The average Bonchev–Trinajstić information content (AvgIpc) is 2.23. The second kappa shape index (κ2) is 5.16. The first-order valence-corrected chi connectivity index (χ1v) is 6.03. The molecule has 0 aliphatic heterocycles. The standard InChI is InChI=1S/C8H7FN2O7S/c9-4-1-6(18-3-8(12)13)5(11(14)15)2-7(4)19(10,16)17/h1-2H,3H2,(H,12,13)(H2,10,16,17). The van der Waals surface area contributed by atoms with Gasteiger partial charge in [0.15, 0.2) is 6.61 Å². The van der Waals surface area contributed by atoms with Gasteiger partial charge in [-0.3, -0.25) is 10.1 Å². The van der Waals surface area contributed by atoms with Gasteiger partial charge >= 0.3 is 11.7 Å². The molecule has 0 radical (unpaired) electrons. The third-order valence-electron chi connectivity index (χ3n) is 1.87. The number of nitro groups is 1. The molecule has 3 N–H and O–H groups in total. The zero-order valence-electron chi connectivity index (χ0n) is 9.07. The maximum absolute atomic E-state index is 13.4. The van der Waals surface area contributed by atoms with E-state index >= 15 is 0 Å². The molecule has 0 aliphatic rings. The van der Waals surface area contributed by atoms with Gasteiger partial charge in [0.05, 0.1) is 4.92 Å². The Labute approximate surface area is 105 Å². The van der Waals surface area contributed by atoms with E-state index in [-0.39, 0.29) is 0 Å². The SMILES string of the molecule is NS(=O)(=O)c1cc([N+](=O)[O-])c(OCC(=O)O)cc1F. The third-order valence-corrected chi connectivity index (χ3v) is 2.79. The van der Waals surface area contributed by atoms with Crippen molar-refractivity contribution in [2.24, 2.45) is 5.14 Å². The number of primary sulfonamides is 1. The summed E-state index contributed by atoms with van der Waals surface area (Å²) in [6, 6.07) is 0.753. The molecule has 0 heterocycles. The second-order valence-corrected chi connectivity index (χ2v) is 4.76. The van der Waals surface area contributed by atoms with Gasteiger partial charge in [-0.25, -0.2) is 22.7 Å². The van der Waals surface area contributed by atoms with Crippen LogP contribution in [0.1, 0.15) is 0 Å². The van der Waals surface area contributed by atoms with E-state index in [4.69, 9.17) is 5.11 Å². The number of ether oxygens (including phenoxy) is 1. The number of aliphatic carboxylic acids is 1. The van der Waals surface area contributed by atoms with E-state index < -0.39 is 49.7 Å². The van der Waals surface area contributed by atoms with Gasteiger partial charge in [-0.15, -0.1) is 0 Å². The summed E-state index contributed by atoms with van der Waals surface area (Å²) < 4.78 is 39.9. The van der Waals surface area contributed by atoms with Crippen molar-refractivity contribution in [1.82, 2.24) is 0 Å². The molecule has 0 atom stereocenters. The van der Waals surface area contributed by atoms with Crippen molar-refractivity contribution >= 4 is 21.7 Å². The Morgan fingerprint density at radius 1 is 1.53 bits per heavy atom. The summed E-state index contributed by atoms with van der Waals surface area (Å²) in [4.78, 5) is 18.8. The lowest BCUT2D eigenvalue weighted by atomic mass is 10.3. The van der Waals surface area contributed by atoms with Gasteiger partial charge in [-0.2, -0.15) is 0 Å². The summed E-state index contributed by atoms with van der Waals surface area (Å²) in [5.41, 5.74) is -0.910. The number of hydrogen-bond acceptors (Lipinski definition) is 6. The number of nitrogens with zero attached hydrogens (tertiary/aromatic N) is 1. The number of hydrogen-bond donors (Lipinski definition) is 2. The Hall–Kier alpha value is -2.27. The summed E-state index contributed by atoms with van der Waals surface area (Å²) in [6.07, 6.45) is 0. The van der Waals surface area contributed by atoms with Crippen LogP contribution in [-0.4, -0.2) is 31.0 Å². The molecule has 1 aromatic carbocycles. The second-order valence-electron chi connectivity index (χ2n) is 3.23. The van der Waals surface area contributed by atoms with Crippen LogP contribution < -0.4 is 9.88 Å². The minimum atomic E-state index is -4.49. The zero-order valence-corrected chi connectivity index (χ0v) is 9.89. The van der Waals surface area contributed by atoms with Gasteiger partial charge in [0.1, 0.15) is 10.7 Å². The van der Waals surface area contributed by atoms with E-state index in [1.165, 1.54) is 0 Å². The number of halogens is 1. The van der Waals surface area contributed by atoms with Crippen LogP contribution in [0.3, 0.4) is 0 Å². The zero-order chi connectivity index (χ0) is 14.8. The van der Waals surface area contributed by atoms with Crippen molar-refractivity contribution in [3.05, 3.63) is 28.1 Å². The number of carboxylic acids is 1. The number of rotatable bonds is 5. The molecule has 104 valence electrons. The molecule has 0 fully saturated rings. The van der Waals surface area contributed by atoms with Gasteiger partial charge in [0.25, 0.3) is 0 Å². The van der Waals surface area contributed by atoms with Crippen LogP contribution in [-0.2, 0) is 14.8 Å². The van der Waals surface area contributed by atoms with Crippen LogP contribution >= 0.6 is 0 Å². The fraction of sp³-hybridized carbons (Fsp3) is 0.125. The van der Waals surface area contributed by atoms with Crippen LogP contribution in [0.4, 0.5) is 10.1 Å². The largest absolute Gasteiger partial charge is 0.479 e. The number of sulfonamides is 1. The molecule has 0 saturated carbocycles. The quantitative estimate of drug-likeness (QED) is 0.565. The molecular weight excluding hydrogens is 287 g/mol. The van der Waals surface area contributed by atoms with Crippen LogP contribution in [0, 0.1) is 15.9 Å². The molecule has 1 rings (SSSR count). The predicted molar refractivity (Wildman–Crippen MR) is 57.6 cm³/mol. The lowest BCUT2D eigenvalue weighted by molar-refractivity contribution is -0.386. The molecule has 0 amide bonds. The number of carbonyl (C=O) groups is 1. The normalized spacial score (nSPS) is 11.1. The summed E-state index contributed by atoms with van der Waals surface area (Å²) in [6.45, 7) is -0.949. The minimum absolute atomic E-state index is 0.363. The Bertz CT molecular complexity index is 643. The maximum Gasteiger partial charge on any atom is 0.341 e. The van der Waals surface area contributed by atoms with Gasteiger partial charge in [-0.05, 0) is 0 Å². The van der Waals surface area contributed by atoms with Gasteiger partial charge in [0.2, 0.25) is 15.8 Å². The Morgan fingerprint density at radius 2 is 2.11 bits per heavy atom. The van der Waals surface area contributed by atoms with E-state index in [0.29, 0.717) is 12.1 Å². The van der Waals surface area contributed by atoms with E-state index in [2.05, 4.69) is 9.88 Å². The molecule has 0 unspecified atom stereocenters. The lowest BCUT2D eigenvalue weighted by Gasteiger charge is -2.06. The molecule has 1 aromatic rings. The average molecular weight is 294 g/mol.